The zero-order valence-corrected chi connectivity index (χ0v) is 18.6. The number of nitrogens with zero attached hydrogens (tertiary/aromatic N) is 1. The molecule has 2 bridgehead atoms. The maximum atomic E-state index is 12.8. The first-order chi connectivity index (χ1) is 16.7. The van der Waals surface area contributed by atoms with Crippen LogP contribution in [0.25, 0.3) is 0 Å². The minimum absolute atomic E-state index is 0.0303. The normalized spacial score (nSPS) is 18.5. The first-order valence-electron chi connectivity index (χ1n) is 11.4. The van der Waals surface area contributed by atoms with E-state index >= 15 is 0 Å². The molecule has 3 aromatic rings. The second kappa shape index (κ2) is 9.93. The molecule has 34 heavy (non-hydrogen) atoms. The van der Waals surface area contributed by atoms with Gasteiger partial charge in [-0.1, -0.05) is 54.6 Å². The summed E-state index contributed by atoms with van der Waals surface area (Å²) in [5.41, 5.74) is 2.82. The summed E-state index contributed by atoms with van der Waals surface area (Å²) in [6.45, 7) is 0.644. The molecule has 2 unspecified atom stereocenters. The lowest BCUT2D eigenvalue weighted by Crippen LogP contribution is -2.48. The number of amides is 1. The number of hydrogen-bond donors (Lipinski definition) is 0. The zero-order chi connectivity index (χ0) is 23.3. The van der Waals surface area contributed by atoms with E-state index in [-0.39, 0.29) is 24.7 Å². The molecule has 172 valence electrons. The largest absolute Gasteiger partial charge is 0.489 e. The van der Waals surface area contributed by atoms with Gasteiger partial charge in [-0.15, -0.1) is 0 Å². The van der Waals surface area contributed by atoms with Gasteiger partial charge in [0.15, 0.2) is 0 Å². The standard InChI is InChI=1S/C28H25NO5/c30-27(29-24-12-16-26(34-29)17-13-24)22-8-10-23(11-9-22)28(31)33-19-21-6-14-25(15-7-21)32-18-20-4-2-1-3-5-20/h1-12,14-16,24,26H,13,17-19H2. The fourth-order valence-corrected chi connectivity index (χ4v) is 4.02. The first-order valence-corrected chi connectivity index (χ1v) is 11.4. The Kier molecular flexibility index (Phi) is 6.40. The van der Waals surface area contributed by atoms with Crippen LogP contribution in [0.5, 0.6) is 5.75 Å². The highest BCUT2D eigenvalue weighted by Crippen LogP contribution is 2.29. The van der Waals surface area contributed by atoms with Crippen LogP contribution in [0.2, 0.25) is 0 Å². The van der Waals surface area contributed by atoms with E-state index in [4.69, 9.17) is 14.3 Å². The molecular formula is C28H25NO5. The number of rotatable bonds is 7. The van der Waals surface area contributed by atoms with Gasteiger partial charge in [-0.3, -0.25) is 9.63 Å². The van der Waals surface area contributed by atoms with Gasteiger partial charge in [0.25, 0.3) is 5.91 Å². The van der Waals surface area contributed by atoms with E-state index in [0.717, 1.165) is 29.7 Å². The number of fused-ring (bicyclic) bond motifs is 2. The highest BCUT2D eigenvalue weighted by Gasteiger charge is 2.34. The Balaban J connectivity index is 1.12. The highest BCUT2D eigenvalue weighted by molar-refractivity contribution is 5.96. The molecule has 6 nitrogen and oxygen atoms in total. The van der Waals surface area contributed by atoms with Crippen molar-refractivity contribution in [3.05, 3.63) is 113 Å². The number of esters is 1. The molecule has 6 heteroatoms. The van der Waals surface area contributed by atoms with Crippen LogP contribution < -0.4 is 4.74 Å². The van der Waals surface area contributed by atoms with Crippen molar-refractivity contribution in [2.24, 2.45) is 0 Å². The van der Waals surface area contributed by atoms with Crippen LogP contribution in [0, 0.1) is 0 Å². The first kappa shape index (κ1) is 21.9. The second-order valence-corrected chi connectivity index (χ2v) is 8.38. The lowest BCUT2D eigenvalue weighted by atomic mass is 9.97. The van der Waals surface area contributed by atoms with Gasteiger partial charge in [0, 0.05) is 5.56 Å². The molecule has 0 aromatic heterocycles. The van der Waals surface area contributed by atoms with Gasteiger partial charge in [-0.25, -0.2) is 9.86 Å². The van der Waals surface area contributed by atoms with Crippen molar-refractivity contribution in [3.8, 4) is 5.75 Å². The molecule has 2 heterocycles. The Morgan fingerprint density at radius 3 is 2.15 bits per heavy atom. The van der Waals surface area contributed by atoms with Crippen LogP contribution in [-0.4, -0.2) is 29.1 Å². The lowest BCUT2D eigenvalue weighted by molar-refractivity contribution is -0.197. The van der Waals surface area contributed by atoms with E-state index < -0.39 is 5.97 Å². The van der Waals surface area contributed by atoms with Crippen molar-refractivity contribution in [1.82, 2.24) is 5.06 Å². The average molecular weight is 456 g/mol. The van der Waals surface area contributed by atoms with Crippen molar-refractivity contribution >= 4 is 11.9 Å². The van der Waals surface area contributed by atoms with E-state index in [1.54, 1.807) is 24.3 Å². The van der Waals surface area contributed by atoms with Gasteiger partial charge in [0.05, 0.1) is 11.6 Å². The molecule has 2 atom stereocenters. The van der Waals surface area contributed by atoms with Crippen LogP contribution in [-0.2, 0) is 22.8 Å². The Morgan fingerprint density at radius 1 is 0.794 bits per heavy atom. The Hall–Kier alpha value is -3.90. The molecule has 0 radical (unpaired) electrons. The summed E-state index contributed by atoms with van der Waals surface area (Å²) in [5.74, 6) is 0.105. The third-order valence-corrected chi connectivity index (χ3v) is 5.95. The SMILES string of the molecule is O=C(OCc1ccc(OCc2ccccc2)cc1)c1ccc(C(=O)N2OC3C=CC2CC3)cc1. The van der Waals surface area contributed by atoms with Gasteiger partial charge in [0.2, 0.25) is 0 Å². The van der Waals surface area contributed by atoms with Crippen molar-refractivity contribution in [2.75, 3.05) is 0 Å². The summed E-state index contributed by atoms with van der Waals surface area (Å²) in [6, 6.07) is 23.9. The molecule has 0 N–H and O–H groups in total. The van der Waals surface area contributed by atoms with Crippen LogP contribution in [0.3, 0.4) is 0 Å². The number of ether oxygens (including phenoxy) is 2. The van der Waals surface area contributed by atoms with E-state index in [0.29, 0.717) is 17.7 Å². The molecule has 3 aromatic carbocycles. The van der Waals surface area contributed by atoms with Crippen LogP contribution in [0.1, 0.15) is 44.7 Å². The number of benzene rings is 3. The molecule has 6 rings (SSSR count). The van der Waals surface area contributed by atoms with E-state index in [2.05, 4.69) is 0 Å². The van der Waals surface area contributed by atoms with Crippen molar-refractivity contribution in [1.29, 1.82) is 0 Å². The number of hydrogen-bond acceptors (Lipinski definition) is 5. The monoisotopic (exact) mass is 455 g/mol. The van der Waals surface area contributed by atoms with Crippen molar-refractivity contribution in [3.63, 3.8) is 0 Å². The summed E-state index contributed by atoms with van der Waals surface area (Å²) in [6.07, 6.45) is 5.81. The lowest BCUT2D eigenvalue weighted by Gasteiger charge is -2.40. The molecule has 1 saturated heterocycles. The summed E-state index contributed by atoms with van der Waals surface area (Å²) in [4.78, 5) is 30.9. The molecule has 0 spiro atoms. The van der Waals surface area contributed by atoms with Gasteiger partial charge in [-0.2, -0.15) is 0 Å². The summed E-state index contributed by atoms with van der Waals surface area (Å²) < 4.78 is 11.2. The Labute approximate surface area is 198 Å². The van der Waals surface area contributed by atoms with Gasteiger partial charge in [-0.05, 0) is 60.4 Å². The second-order valence-electron chi connectivity index (χ2n) is 8.38. The van der Waals surface area contributed by atoms with Gasteiger partial charge >= 0.3 is 5.97 Å². The van der Waals surface area contributed by atoms with Crippen LogP contribution in [0.4, 0.5) is 0 Å². The summed E-state index contributed by atoms with van der Waals surface area (Å²) in [7, 11) is 0. The van der Waals surface area contributed by atoms with Crippen molar-refractivity contribution < 1.29 is 23.9 Å². The molecule has 1 fully saturated rings. The number of carbonyl (C=O) groups is 2. The minimum atomic E-state index is -0.445. The van der Waals surface area contributed by atoms with Crippen LogP contribution >= 0.6 is 0 Å². The van der Waals surface area contributed by atoms with Gasteiger partial charge in [0.1, 0.15) is 25.1 Å². The number of carbonyl (C=O) groups excluding carboxylic acids is 2. The molecule has 3 aliphatic rings. The Bertz CT molecular complexity index is 1170. The zero-order valence-electron chi connectivity index (χ0n) is 18.6. The minimum Gasteiger partial charge on any atom is -0.489 e. The molecule has 1 amide bonds. The van der Waals surface area contributed by atoms with E-state index in [1.807, 2.05) is 66.7 Å². The molecule has 1 aliphatic carbocycles. The summed E-state index contributed by atoms with van der Waals surface area (Å²) in [5, 5.41) is 1.44. The van der Waals surface area contributed by atoms with Crippen molar-refractivity contribution in [2.45, 2.75) is 38.2 Å². The Morgan fingerprint density at radius 2 is 1.50 bits per heavy atom. The summed E-state index contributed by atoms with van der Waals surface area (Å²) >= 11 is 0. The highest BCUT2D eigenvalue weighted by atomic mass is 16.7. The predicted molar refractivity (Wildman–Crippen MR) is 126 cm³/mol. The third-order valence-electron chi connectivity index (χ3n) is 5.95. The maximum absolute atomic E-state index is 12.8. The fraction of sp³-hybridized carbons (Fsp3) is 0.214. The maximum Gasteiger partial charge on any atom is 0.338 e. The predicted octanol–water partition coefficient (Wildman–Crippen LogP) is 5.10. The van der Waals surface area contributed by atoms with Gasteiger partial charge < -0.3 is 9.47 Å². The van der Waals surface area contributed by atoms with Crippen LogP contribution in [0.15, 0.2) is 91.0 Å². The van der Waals surface area contributed by atoms with E-state index in [9.17, 15) is 9.59 Å². The fourth-order valence-electron chi connectivity index (χ4n) is 4.02. The third kappa shape index (κ3) is 5.02. The number of hydroxylamine groups is 2. The molecule has 0 saturated carbocycles. The molecular weight excluding hydrogens is 430 g/mol. The smallest absolute Gasteiger partial charge is 0.338 e. The van der Waals surface area contributed by atoms with E-state index in [1.165, 1.54) is 5.06 Å². The topological polar surface area (TPSA) is 65.1 Å². The quantitative estimate of drug-likeness (QED) is 0.366. The molecule has 2 aliphatic heterocycles. The average Bonchev–Trinajstić information content (AvgIpc) is 2.92.